The fourth-order valence-corrected chi connectivity index (χ4v) is 2.30. The van der Waals surface area contributed by atoms with E-state index in [1.165, 1.54) is 6.21 Å². The molecule has 0 spiro atoms. The number of Topliss-reactive ketones (excluding diaryl/α,β-unsaturated/α-hetero) is 1. The standard InChI is InChI=1S/C16H19NO2/c1-2-8-17-11-14-15(18)9-13(10-16(14)19)12-6-4-3-5-7-12/h3-7,11,13,18H,2,8-10H2,1H3. The molecule has 1 atom stereocenters. The van der Waals surface area contributed by atoms with Crippen molar-refractivity contribution in [2.45, 2.75) is 32.1 Å². The summed E-state index contributed by atoms with van der Waals surface area (Å²) in [5.74, 6) is 0.236. The lowest BCUT2D eigenvalue weighted by Gasteiger charge is -2.22. The summed E-state index contributed by atoms with van der Waals surface area (Å²) in [5, 5.41) is 10.0. The molecule has 0 radical (unpaired) electrons. The molecule has 0 saturated carbocycles. The van der Waals surface area contributed by atoms with Gasteiger partial charge in [0.1, 0.15) is 5.76 Å². The van der Waals surface area contributed by atoms with Crippen molar-refractivity contribution in [3.63, 3.8) is 0 Å². The Labute approximate surface area is 113 Å². The number of rotatable bonds is 4. The Morgan fingerprint density at radius 3 is 2.68 bits per heavy atom. The molecule has 2 rings (SSSR count). The molecule has 1 unspecified atom stereocenters. The van der Waals surface area contributed by atoms with E-state index >= 15 is 0 Å². The van der Waals surface area contributed by atoms with Crippen LogP contribution < -0.4 is 0 Å². The first kappa shape index (κ1) is 13.5. The average Bonchev–Trinajstić information content (AvgIpc) is 2.43. The second-order valence-electron chi connectivity index (χ2n) is 4.83. The topological polar surface area (TPSA) is 49.7 Å². The van der Waals surface area contributed by atoms with Gasteiger partial charge in [-0.05, 0) is 17.9 Å². The molecule has 0 aliphatic heterocycles. The van der Waals surface area contributed by atoms with Gasteiger partial charge in [-0.2, -0.15) is 0 Å². The van der Waals surface area contributed by atoms with E-state index in [0.29, 0.717) is 25.0 Å². The Balaban J connectivity index is 2.16. The van der Waals surface area contributed by atoms with E-state index in [1.54, 1.807) is 0 Å². The Kier molecular flexibility index (Phi) is 4.50. The molecule has 1 N–H and O–H groups in total. The molecule has 1 aliphatic carbocycles. The summed E-state index contributed by atoms with van der Waals surface area (Å²) < 4.78 is 0. The molecular weight excluding hydrogens is 238 g/mol. The van der Waals surface area contributed by atoms with Gasteiger partial charge in [0.25, 0.3) is 0 Å². The maximum atomic E-state index is 12.1. The van der Waals surface area contributed by atoms with Crippen molar-refractivity contribution in [3.8, 4) is 0 Å². The largest absolute Gasteiger partial charge is 0.511 e. The molecule has 0 bridgehead atoms. The third kappa shape index (κ3) is 3.31. The quantitative estimate of drug-likeness (QED) is 0.840. The third-order valence-corrected chi connectivity index (χ3v) is 3.33. The number of carbonyl (C=O) groups excluding carboxylic acids is 1. The molecule has 19 heavy (non-hydrogen) atoms. The van der Waals surface area contributed by atoms with E-state index in [1.807, 2.05) is 37.3 Å². The van der Waals surface area contributed by atoms with Crippen molar-refractivity contribution >= 4 is 12.0 Å². The highest BCUT2D eigenvalue weighted by molar-refractivity contribution is 6.14. The Bertz CT molecular complexity index is 503. The van der Waals surface area contributed by atoms with Crippen LogP contribution in [0.5, 0.6) is 0 Å². The smallest absolute Gasteiger partial charge is 0.168 e. The molecule has 100 valence electrons. The molecule has 0 fully saturated rings. The van der Waals surface area contributed by atoms with E-state index in [2.05, 4.69) is 4.99 Å². The predicted molar refractivity (Wildman–Crippen MR) is 76.7 cm³/mol. The second kappa shape index (κ2) is 6.32. The number of aliphatic hydroxyl groups excluding tert-OH is 1. The normalized spacial score (nSPS) is 20.3. The van der Waals surface area contributed by atoms with E-state index < -0.39 is 0 Å². The van der Waals surface area contributed by atoms with Crippen LogP contribution in [0, 0.1) is 0 Å². The minimum Gasteiger partial charge on any atom is -0.511 e. The third-order valence-electron chi connectivity index (χ3n) is 3.33. The Morgan fingerprint density at radius 2 is 2.05 bits per heavy atom. The van der Waals surface area contributed by atoms with Crippen LogP contribution in [0.4, 0.5) is 0 Å². The van der Waals surface area contributed by atoms with Gasteiger partial charge < -0.3 is 5.11 Å². The second-order valence-corrected chi connectivity index (χ2v) is 4.83. The number of ketones is 1. The van der Waals surface area contributed by atoms with Gasteiger partial charge in [0.2, 0.25) is 0 Å². The van der Waals surface area contributed by atoms with Crippen molar-refractivity contribution in [2.75, 3.05) is 6.54 Å². The lowest BCUT2D eigenvalue weighted by molar-refractivity contribution is -0.116. The molecule has 3 nitrogen and oxygen atoms in total. The van der Waals surface area contributed by atoms with Crippen LogP contribution >= 0.6 is 0 Å². The van der Waals surface area contributed by atoms with Crippen molar-refractivity contribution in [2.24, 2.45) is 4.99 Å². The molecule has 0 aromatic heterocycles. The van der Waals surface area contributed by atoms with Gasteiger partial charge >= 0.3 is 0 Å². The zero-order valence-electron chi connectivity index (χ0n) is 11.2. The molecule has 0 saturated heterocycles. The number of aliphatic imine (C=N–C) groups is 1. The lowest BCUT2D eigenvalue weighted by Crippen LogP contribution is -2.19. The maximum Gasteiger partial charge on any atom is 0.168 e. The summed E-state index contributed by atoms with van der Waals surface area (Å²) >= 11 is 0. The molecule has 3 heteroatoms. The van der Waals surface area contributed by atoms with E-state index in [0.717, 1.165) is 12.0 Å². The number of hydrogen-bond acceptors (Lipinski definition) is 3. The molecule has 0 heterocycles. The van der Waals surface area contributed by atoms with Gasteiger partial charge in [-0.25, -0.2) is 0 Å². The van der Waals surface area contributed by atoms with Crippen molar-refractivity contribution in [3.05, 3.63) is 47.2 Å². The van der Waals surface area contributed by atoms with Gasteiger partial charge in [0.15, 0.2) is 5.78 Å². The van der Waals surface area contributed by atoms with Gasteiger partial charge in [0.05, 0.1) is 5.57 Å². The molecule has 0 amide bonds. The lowest BCUT2D eigenvalue weighted by atomic mass is 9.83. The van der Waals surface area contributed by atoms with E-state index in [4.69, 9.17) is 0 Å². The molecule has 1 aliphatic rings. The SMILES string of the molecule is CCCN=CC1=C(O)CC(c2ccccc2)CC1=O. The van der Waals surface area contributed by atoms with Crippen molar-refractivity contribution < 1.29 is 9.90 Å². The van der Waals surface area contributed by atoms with Crippen molar-refractivity contribution in [1.29, 1.82) is 0 Å². The minimum atomic E-state index is -0.0162. The van der Waals surface area contributed by atoms with Crippen LogP contribution in [0.1, 0.15) is 37.7 Å². The monoisotopic (exact) mass is 257 g/mol. The van der Waals surface area contributed by atoms with Crippen LogP contribution in [-0.2, 0) is 4.79 Å². The first-order valence-electron chi connectivity index (χ1n) is 6.72. The van der Waals surface area contributed by atoms with Gasteiger partial charge in [-0.1, -0.05) is 37.3 Å². The maximum absolute atomic E-state index is 12.1. The number of hydrogen-bond donors (Lipinski definition) is 1. The fraction of sp³-hybridized carbons (Fsp3) is 0.375. The summed E-state index contributed by atoms with van der Waals surface area (Å²) in [6.07, 6.45) is 3.43. The van der Waals surface area contributed by atoms with Gasteiger partial charge in [0, 0.05) is 25.6 Å². The first-order valence-corrected chi connectivity index (χ1v) is 6.72. The highest BCUT2D eigenvalue weighted by atomic mass is 16.3. The molecule has 1 aromatic carbocycles. The summed E-state index contributed by atoms with van der Waals surface area (Å²) in [7, 11) is 0. The average molecular weight is 257 g/mol. The van der Waals surface area contributed by atoms with Crippen LogP contribution in [0.15, 0.2) is 46.7 Å². The number of aliphatic hydroxyl groups is 1. The summed E-state index contributed by atoms with van der Waals surface area (Å²) in [6.45, 7) is 2.71. The van der Waals surface area contributed by atoms with Crippen LogP contribution in [-0.4, -0.2) is 23.6 Å². The summed E-state index contributed by atoms with van der Waals surface area (Å²) in [5.41, 5.74) is 1.49. The number of allylic oxidation sites excluding steroid dienone is 2. The highest BCUT2D eigenvalue weighted by Crippen LogP contribution is 2.32. The number of nitrogens with zero attached hydrogens (tertiary/aromatic N) is 1. The van der Waals surface area contributed by atoms with Gasteiger partial charge in [-0.3, -0.25) is 9.79 Å². The van der Waals surface area contributed by atoms with Crippen LogP contribution in [0.3, 0.4) is 0 Å². The van der Waals surface area contributed by atoms with Crippen molar-refractivity contribution in [1.82, 2.24) is 0 Å². The number of carbonyl (C=O) groups is 1. The highest BCUT2D eigenvalue weighted by Gasteiger charge is 2.27. The summed E-state index contributed by atoms with van der Waals surface area (Å²) in [6, 6.07) is 9.87. The van der Waals surface area contributed by atoms with Crippen LogP contribution in [0.2, 0.25) is 0 Å². The summed E-state index contributed by atoms with van der Waals surface area (Å²) in [4.78, 5) is 16.2. The predicted octanol–water partition coefficient (Wildman–Crippen LogP) is 3.43. The first-order chi connectivity index (χ1) is 9.22. The minimum absolute atomic E-state index is 0.0162. The van der Waals surface area contributed by atoms with E-state index in [-0.39, 0.29) is 17.5 Å². The zero-order chi connectivity index (χ0) is 13.7. The van der Waals surface area contributed by atoms with Gasteiger partial charge in [-0.15, -0.1) is 0 Å². The zero-order valence-corrected chi connectivity index (χ0v) is 11.2. The molecule has 1 aromatic rings. The van der Waals surface area contributed by atoms with Crippen LogP contribution in [0.25, 0.3) is 0 Å². The Morgan fingerprint density at radius 1 is 1.32 bits per heavy atom. The fourth-order valence-electron chi connectivity index (χ4n) is 2.30. The number of benzene rings is 1. The van der Waals surface area contributed by atoms with E-state index in [9.17, 15) is 9.90 Å². The molecular formula is C16H19NO2. The Hall–Kier alpha value is -1.90.